The highest BCUT2D eigenvalue weighted by atomic mass is 35.5. The molecule has 1 heterocycles. The molecule has 4 N–H and O–H groups in total. The highest BCUT2D eigenvalue weighted by molar-refractivity contribution is 6.42. The van der Waals surface area contributed by atoms with Crippen LogP contribution in [0.5, 0.6) is 0 Å². The van der Waals surface area contributed by atoms with Crippen molar-refractivity contribution >= 4 is 29.1 Å². The molecular weight excluding hydrogens is 403 g/mol. The number of rotatable bonds is 6. The fraction of sp³-hybridized carbons (Fsp3) is 0.650. The van der Waals surface area contributed by atoms with Crippen LogP contribution < -0.4 is 10.6 Å². The van der Waals surface area contributed by atoms with Crippen LogP contribution in [0.3, 0.4) is 0 Å². The van der Waals surface area contributed by atoms with E-state index in [1.165, 1.54) is 12.8 Å². The van der Waals surface area contributed by atoms with Gasteiger partial charge in [0.25, 0.3) is 5.91 Å². The summed E-state index contributed by atoms with van der Waals surface area (Å²) >= 11 is 11.9. The second-order valence-electron chi connectivity index (χ2n) is 7.65. The fourth-order valence-corrected chi connectivity index (χ4v) is 4.17. The van der Waals surface area contributed by atoms with Gasteiger partial charge in [-0.2, -0.15) is 0 Å². The van der Waals surface area contributed by atoms with Gasteiger partial charge < -0.3 is 25.6 Å². The molecule has 0 bridgehead atoms. The van der Waals surface area contributed by atoms with Crippen LogP contribution >= 0.6 is 23.2 Å². The molecule has 28 heavy (non-hydrogen) atoms. The predicted molar refractivity (Wildman–Crippen MR) is 108 cm³/mol. The number of hydrogen-bond acceptors (Lipinski definition) is 5. The molecular formula is C20H28Cl2N2O4. The van der Waals surface area contributed by atoms with Crippen molar-refractivity contribution in [3.8, 4) is 0 Å². The average Bonchev–Trinajstić information content (AvgIpc) is 2.84. The molecule has 0 spiro atoms. The van der Waals surface area contributed by atoms with Crippen molar-refractivity contribution in [1.82, 2.24) is 10.6 Å². The van der Waals surface area contributed by atoms with Crippen LogP contribution in [0.4, 0.5) is 0 Å². The van der Waals surface area contributed by atoms with Gasteiger partial charge in [0.05, 0.1) is 16.1 Å². The van der Waals surface area contributed by atoms with Gasteiger partial charge in [0, 0.05) is 19.1 Å². The van der Waals surface area contributed by atoms with E-state index in [0.29, 0.717) is 23.1 Å². The lowest BCUT2D eigenvalue weighted by Crippen LogP contribution is -2.46. The lowest BCUT2D eigenvalue weighted by molar-refractivity contribution is -0.136. The van der Waals surface area contributed by atoms with Crippen LogP contribution in [0, 0.1) is 0 Å². The first-order valence-corrected chi connectivity index (χ1v) is 10.7. The standard InChI is InChI=1S/C20H28Cl2N2O4/c21-14-8-7-12(9-15(14)22)10-23-11-16-17(25)18(26)19(28-16)20(27)24-13-5-3-1-2-4-6-13/h7-9,13,16-19,23,25-26H,1-6,10-11H2,(H,24,27)/t16-,17-,18+,19+/m1/s1. The summed E-state index contributed by atoms with van der Waals surface area (Å²) in [5.41, 5.74) is 0.935. The number of nitrogens with one attached hydrogen (secondary N) is 2. The quantitative estimate of drug-likeness (QED) is 0.520. The lowest BCUT2D eigenvalue weighted by atomic mass is 10.1. The minimum absolute atomic E-state index is 0.120. The van der Waals surface area contributed by atoms with Crippen molar-refractivity contribution < 1.29 is 19.7 Å². The van der Waals surface area contributed by atoms with E-state index in [1.54, 1.807) is 12.1 Å². The molecule has 4 atom stereocenters. The van der Waals surface area contributed by atoms with Crippen LogP contribution in [0.25, 0.3) is 0 Å². The van der Waals surface area contributed by atoms with E-state index in [9.17, 15) is 15.0 Å². The third-order valence-corrected chi connectivity index (χ3v) is 6.22. The first-order chi connectivity index (χ1) is 13.5. The van der Waals surface area contributed by atoms with E-state index >= 15 is 0 Å². The molecule has 8 heteroatoms. The zero-order chi connectivity index (χ0) is 20.1. The molecule has 1 aromatic rings. The van der Waals surface area contributed by atoms with Crippen LogP contribution in [0.15, 0.2) is 18.2 Å². The van der Waals surface area contributed by atoms with Crippen molar-refractivity contribution in [2.45, 2.75) is 75.5 Å². The van der Waals surface area contributed by atoms with E-state index in [-0.39, 0.29) is 11.9 Å². The topological polar surface area (TPSA) is 90.8 Å². The Morgan fingerprint density at radius 3 is 2.46 bits per heavy atom. The number of halogens is 2. The van der Waals surface area contributed by atoms with Crippen molar-refractivity contribution in [2.24, 2.45) is 0 Å². The zero-order valence-corrected chi connectivity index (χ0v) is 17.3. The average molecular weight is 431 g/mol. The Labute approximate surface area is 175 Å². The normalized spacial score (nSPS) is 28.9. The summed E-state index contributed by atoms with van der Waals surface area (Å²) < 4.78 is 5.68. The van der Waals surface area contributed by atoms with Crippen molar-refractivity contribution in [3.63, 3.8) is 0 Å². The number of aliphatic hydroxyl groups is 2. The van der Waals surface area contributed by atoms with Crippen LogP contribution in [0.2, 0.25) is 10.0 Å². The van der Waals surface area contributed by atoms with Gasteiger partial charge in [0.15, 0.2) is 6.10 Å². The minimum Gasteiger partial charge on any atom is -0.388 e. The molecule has 156 valence electrons. The number of aliphatic hydroxyl groups excluding tert-OH is 2. The Bertz CT molecular complexity index is 668. The monoisotopic (exact) mass is 430 g/mol. The van der Waals surface area contributed by atoms with Crippen LogP contribution in [0.1, 0.15) is 44.1 Å². The summed E-state index contributed by atoms with van der Waals surface area (Å²) in [7, 11) is 0. The van der Waals surface area contributed by atoms with Gasteiger partial charge in [-0.15, -0.1) is 0 Å². The summed E-state index contributed by atoms with van der Waals surface area (Å²) in [6.07, 6.45) is 2.43. The van der Waals surface area contributed by atoms with Gasteiger partial charge in [0.2, 0.25) is 0 Å². The van der Waals surface area contributed by atoms with Crippen molar-refractivity contribution in [2.75, 3.05) is 6.54 Å². The Morgan fingerprint density at radius 1 is 1.07 bits per heavy atom. The molecule has 1 aliphatic carbocycles. The zero-order valence-electron chi connectivity index (χ0n) is 15.7. The van der Waals surface area contributed by atoms with Crippen LogP contribution in [-0.4, -0.2) is 53.1 Å². The van der Waals surface area contributed by atoms with Crippen LogP contribution in [-0.2, 0) is 16.1 Å². The molecule has 3 rings (SSSR count). The van der Waals surface area contributed by atoms with E-state index in [0.717, 1.165) is 31.2 Å². The van der Waals surface area contributed by atoms with Gasteiger partial charge in [-0.1, -0.05) is 55.0 Å². The third-order valence-electron chi connectivity index (χ3n) is 5.48. The molecule has 2 aliphatic rings. The van der Waals surface area contributed by atoms with Gasteiger partial charge in [-0.05, 0) is 30.5 Å². The Kier molecular flexibility index (Phi) is 7.97. The Morgan fingerprint density at radius 2 is 1.79 bits per heavy atom. The summed E-state index contributed by atoms with van der Waals surface area (Å²) in [5.74, 6) is -0.342. The Balaban J connectivity index is 1.48. The maximum absolute atomic E-state index is 12.5. The van der Waals surface area contributed by atoms with E-state index in [4.69, 9.17) is 27.9 Å². The van der Waals surface area contributed by atoms with Gasteiger partial charge >= 0.3 is 0 Å². The number of hydrogen-bond donors (Lipinski definition) is 4. The largest absolute Gasteiger partial charge is 0.388 e. The SMILES string of the molecule is O=C(NC1CCCCCC1)[C@H]1O[C@H](CNCc2ccc(Cl)c(Cl)c2)[C@@H](O)[C@@H]1O. The molecule has 0 radical (unpaired) electrons. The van der Waals surface area contributed by atoms with E-state index in [2.05, 4.69) is 10.6 Å². The smallest absolute Gasteiger partial charge is 0.252 e. The molecule has 0 unspecified atom stereocenters. The second kappa shape index (κ2) is 10.2. The summed E-state index contributed by atoms with van der Waals surface area (Å²) in [6, 6.07) is 5.46. The number of carbonyl (C=O) groups is 1. The number of ether oxygens (including phenoxy) is 1. The molecule has 1 aromatic carbocycles. The maximum Gasteiger partial charge on any atom is 0.252 e. The van der Waals surface area contributed by atoms with E-state index in [1.807, 2.05) is 6.07 Å². The van der Waals surface area contributed by atoms with Gasteiger partial charge in [-0.3, -0.25) is 4.79 Å². The predicted octanol–water partition coefficient (Wildman–Crippen LogP) is 2.41. The summed E-state index contributed by atoms with van der Waals surface area (Å²) in [5, 5.41) is 27.7. The molecule has 1 aliphatic heterocycles. The van der Waals surface area contributed by atoms with Crippen molar-refractivity contribution in [3.05, 3.63) is 33.8 Å². The maximum atomic E-state index is 12.5. The van der Waals surface area contributed by atoms with Crippen molar-refractivity contribution in [1.29, 1.82) is 0 Å². The van der Waals surface area contributed by atoms with E-state index < -0.39 is 24.4 Å². The highest BCUT2D eigenvalue weighted by Gasteiger charge is 2.46. The Hall–Kier alpha value is -0.890. The molecule has 1 saturated carbocycles. The lowest BCUT2D eigenvalue weighted by Gasteiger charge is -2.20. The molecule has 2 fully saturated rings. The molecule has 0 aromatic heterocycles. The third kappa shape index (κ3) is 5.59. The molecule has 1 saturated heterocycles. The van der Waals surface area contributed by atoms with Gasteiger partial charge in [0.1, 0.15) is 12.2 Å². The number of carbonyl (C=O) groups excluding carboxylic acids is 1. The highest BCUT2D eigenvalue weighted by Crippen LogP contribution is 2.24. The molecule has 6 nitrogen and oxygen atoms in total. The molecule has 1 amide bonds. The number of amides is 1. The first kappa shape index (κ1) is 21.8. The number of benzene rings is 1. The summed E-state index contributed by atoms with van der Waals surface area (Å²) in [4.78, 5) is 12.5. The second-order valence-corrected chi connectivity index (χ2v) is 8.47. The summed E-state index contributed by atoms with van der Waals surface area (Å²) in [6.45, 7) is 0.796. The first-order valence-electron chi connectivity index (χ1n) is 9.92. The minimum atomic E-state index is -1.23. The van der Waals surface area contributed by atoms with Gasteiger partial charge in [-0.25, -0.2) is 0 Å². The fourth-order valence-electron chi connectivity index (χ4n) is 3.85.